The van der Waals surface area contributed by atoms with Gasteiger partial charge in [0.05, 0.1) is 12.2 Å². The average Bonchev–Trinajstić information content (AvgIpc) is 3.11. The number of nitrogens with two attached hydrogens (primary N) is 1. The van der Waals surface area contributed by atoms with Gasteiger partial charge in [0.1, 0.15) is 6.10 Å². The Morgan fingerprint density at radius 1 is 1.29 bits per heavy atom. The number of hydrogen-bond acceptors (Lipinski definition) is 4. The summed E-state index contributed by atoms with van der Waals surface area (Å²) in [6.07, 6.45) is 5.78. The third kappa shape index (κ3) is 4.35. The molecule has 3 N–H and O–H groups in total. The first-order valence-corrected chi connectivity index (χ1v) is 9.10. The topological polar surface area (TPSA) is 73.6 Å². The number of rotatable bonds is 7. The minimum absolute atomic E-state index is 0.0195. The first kappa shape index (κ1) is 17.4. The number of carbonyl (C=O) groups excluding carboxylic acids is 1. The highest BCUT2D eigenvalue weighted by Crippen LogP contribution is 2.32. The van der Waals surface area contributed by atoms with E-state index in [0.717, 1.165) is 32.1 Å². The Hall–Kier alpha value is -1.43. The normalized spacial score (nSPS) is 26.1. The maximum atomic E-state index is 12.0. The standard InChI is InChI=1S/C19H28N2O3/c20-13-15-9-10-18(24-15)19(22)21-11-4-12-23-17-8-3-6-14-5-1-2-7-16(14)17/h1-2,5,7,15,17-18H,3-4,6,8-13,20H2,(H,21,22)/t15-,17?,18+/m1/s1. The van der Waals surface area contributed by atoms with Gasteiger partial charge in [-0.3, -0.25) is 4.79 Å². The van der Waals surface area contributed by atoms with Crippen LogP contribution in [0.15, 0.2) is 24.3 Å². The largest absolute Gasteiger partial charge is 0.373 e. The second-order valence-electron chi connectivity index (χ2n) is 6.65. The summed E-state index contributed by atoms with van der Waals surface area (Å²) < 4.78 is 11.6. The van der Waals surface area contributed by atoms with Gasteiger partial charge in [-0.1, -0.05) is 24.3 Å². The first-order valence-electron chi connectivity index (χ1n) is 9.10. The molecule has 3 atom stereocenters. The number of carbonyl (C=O) groups is 1. The zero-order valence-electron chi connectivity index (χ0n) is 14.2. The summed E-state index contributed by atoms with van der Waals surface area (Å²) in [5.74, 6) is -0.0195. The van der Waals surface area contributed by atoms with E-state index >= 15 is 0 Å². The minimum atomic E-state index is -0.329. The number of amides is 1. The van der Waals surface area contributed by atoms with Crippen LogP contribution in [0.2, 0.25) is 0 Å². The summed E-state index contributed by atoms with van der Waals surface area (Å²) in [7, 11) is 0. The van der Waals surface area contributed by atoms with Crippen LogP contribution in [-0.2, 0) is 20.7 Å². The lowest BCUT2D eigenvalue weighted by Gasteiger charge is -2.25. The van der Waals surface area contributed by atoms with Crippen molar-refractivity contribution in [1.82, 2.24) is 5.32 Å². The minimum Gasteiger partial charge on any atom is -0.373 e. The molecule has 1 unspecified atom stereocenters. The smallest absolute Gasteiger partial charge is 0.249 e. The molecule has 1 aromatic carbocycles. The van der Waals surface area contributed by atoms with Crippen LogP contribution in [0.5, 0.6) is 0 Å². The highest BCUT2D eigenvalue weighted by Gasteiger charge is 2.29. The van der Waals surface area contributed by atoms with Crippen LogP contribution in [0.3, 0.4) is 0 Å². The molecule has 1 saturated heterocycles. The van der Waals surface area contributed by atoms with Crippen LogP contribution in [0.1, 0.15) is 49.3 Å². The molecule has 0 radical (unpaired) electrons. The van der Waals surface area contributed by atoms with Gasteiger partial charge in [0.2, 0.25) is 5.91 Å². The van der Waals surface area contributed by atoms with Crippen LogP contribution >= 0.6 is 0 Å². The molecule has 1 aliphatic carbocycles. The fourth-order valence-corrected chi connectivity index (χ4v) is 3.58. The van der Waals surface area contributed by atoms with E-state index in [1.165, 1.54) is 17.5 Å². The van der Waals surface area contributed by atoms with E-state index in [1.54, 1.807) is 0 Å². The molecule has 3 rings (SSSR count). The predicted molar refractivity (Wildman–Crippen MR) is 92.6 cm³/mol. The summed E-state index contributed by atoms with van der Waals surface area (Å²) in [6, 6.07) is 8.54. The van der Waals surface area contributed by atoms with Crippen LogP contribution < -0.4 is 11.1 Å². The van der Waals surface area contributed by atoms with E-state index in [4.69, 9.17) is 15.2 Å². The van der Waals surface area contributed by atoms with E-state index in [1.807, 2.05) is 0 Å². The molecule has 24 heavy (non-hydrogen) atoms. The van der Waals surface area contributed by atoms with Gasteiger partial charge in [-0.2, -0.15) is 0 Å². The Morgan fingerprint density at radius 3 is 3.00 bits per heavy atom. The van der Waals surface area contributed by atoms with E-state index in [9.17, 15) is 4.79 Å². The van der Waals surface area contributed by atoms with Gasteiger partial charge in [0.25, 0.3) is 0 Å². The molecule has 0 bridgehead atoms. The molecule has 2 aliphatic rings. The van der Waals surface area contributed by atoms with Gasteiger partial charge in [0.15, 0.2) is 0 Å². The molecule has 132 valence electrons. The van der Waals surface area contributed by atoms with Gasteiger partial charge in [-0.25, -0.2) is 0 Å². The van der Waals surface area contributed by atoms with E-state index < -0.39 is 0 Å². The summed E-state index contributed by atoms with van der Waals surface area (Å²) in [6.45, 7) is 1.77. The van der Waals surface area contributed by atoms with E-state index in [-0.39, 0.29) is 24.2 Å². The Labute approximate surface area is 143 Å². The molecular weight excluding hydrogens is 304 g/mol. The number of hydrogen-bond donors (Lipinski definition) is 2. The lowest BCUT2D eigenvalue weighted by Crippen LogP contribution is -2.36. The third-order valence-electron chi connectivity index (χ3n) is 4.92. The second-order valence-corrected chi connectivity index (χ2v) is 6.65. The summed E-state index contributed by atoms with van der Waals surface area (Å²) >= 11 is 0. The molecule has 5 heteroatoms. The SMILES string of the molecule is NC[C@H]1CC[C@@H](C(=O)NCCCOC2CCCc3ccccc32)O1. The summed E-state index contributed by atoms with van der Waals surface area (Å²) in [5, 5.41) is 2.94. The van der Waals surface area contributed by atoms with E-state index in [2.05, 4.69) is 29.6 Å². The molecule has 1 heterocycles. The molecule has 1 aromatic rings. The Balaban J connectivity index is 1.34. The van der Waals surface area contributed by atoms with Crippen LogP contribution in [-0.4, -0.2) is 37.8 Å². The molecule has 0 aromatic heterocycles. The van der Waals surface area contributed by atoms with Gasteiger partial charge in [-0.05, 0) is 49.7 Å². The van der Waals surface area contributed by atoms with Crippen molar-refractivity contribution < 1.29 is 14.3 Å². The lowest BCUT2D eigenvalue weighted by atomic mass is 9.89. The number of ether oxygens (including phenoxy) is 2. The van der Waals surface area contributed by atoms with Gasteiger partial charge in [-0.15, -0.1) is 0 Å². The quantitative estimate of drug-likeness (QED) is 0.750. The van der Waals surface area contributed by atoms with Crippen LogP contribution in [0.25, 0.3) is 0 Å². The highest BCUT2D eigenvalue weighted by molar-refractivity contribution is 5.80. The van der Waals surface area contributed by atoms with Crippen LogP contribution in [0, 0.1) is 0 Å². The van der Waals surface area contributed by atoms with Crippen molar-refractivity contribution in [3.05, 3.63) is 35.4 Å². The van der Waals surface area contributed by atoms with Crippen LogP contribution in [0.4, 0.5) is 0 Å². The Kier molecular flexibility index (Phi) is 6.24. The highest BCUT2D eigenvalue weighted by atomic mass is 16.5. The molecular formula is C19H28N2O3. The molecule has 1 fully saturated rings. The zero-order chi connectivity index (χ0) is 16.8. The van der Waals surface area contributed by atoms with Crippen molar-refractivity contribution in [2.45, 2.75) is 56.8 Å². The van der Waals surface area contributed by atoms with Crippen molar-refractivity contribution in [2.75, 3.05) is 19.7 Å². The molecule has 1 aliphatic heterocycles. The Bertz CT molecular complexity index is 549. The first-order chi connectivity index (χ1) is 11.8. The fourth-order valence-electron chi connectivity index (χ4n) is 3.58. The van der Waals surface area contributed by atoms with Crippen molar-refractivity contribution in [1.29, 1.82) is 0 Å². The second kappa shape index (κ2) is 8.60. The number of nitrogens with one attached hydrogen (secondary N) is 1. The molecule has 0 saturated carbocycles. The third-order valence-corrected chi connectivity index (χ3v) is 4.92. The molecule has 0 spiro atoms. The summed E-state index contributed by atoms with van der Waals surface area (Å²) in [5.41, 5.74) is 8.31. The van der Waals surface area contributed by atoms with Gasteiger partial charge in [0, 0.05) is 19.7 Å². The lowest BCUT2D eigenvalue weighted by molar-refractivity contribution is -0.131. The van der Waals surface area contributed by atoms with Gasteiger partial charge < -0.3 is 20.5 Å². The fraction of sp³-hybridized carbons (Fsp3) is 0.632. The number of fused-ring (bicyclic) bond motifs is 1. The predicted octanol–water partition coefficient (Wildman–Crippen LogP) is 2.09. The van der Waals surface area contributed by atoms with Crippen molar-refractivity contribution in [3.63, 3.8) is 0 Å². The van der Waals surface area contributed by atoms with Crippen molar-refractivity contribution >= 4 is 5.91 Å². The van der Waals surface area contributed by atoms with Gasteiger partial charge >= 0.3 is 0 Å². The molecule has 5 nitrogen and oxygen atoms in total. The Morgan fingerprint density at radius 2 is 2.17 bits per heavy atom. The van der Waals surface area contributed by atoms with Crippen molar-refractivity contribution in [3.8, 4) is 0 Å². The maximum absolute atomic E-state index is 12.0. The maximum Gasteiger partial charge on any atom is 0.249 e. The zero-order valence-corrected chi connectivity index (χ0v) is 14.2. The average molecular weight is 332 g/mol. The monoisotopic (exact) mass is 332 g/mol. The van der Waals surface area contributed by atoms with Crippen molar-refractivity contribution in [2.24, 2.45) is 5.73 Å². The summed E-state index contributed by atoms with van der Waals surface area (Å²) in [4.78, 5) is 12.0. The van der Waals surface area contributed by atoms with E-state index in [0.29, 0.717) is 19.7 Å². The number of benzene rings is 1. The molecule has 1 amide bonds. The number of aryl methyl sites for hydroxylation is 1.